The average Bonchev–Trinajstić information content (AvgIpc) is 2.41. The maximum absolute atomic E-state index is 12.4. The number of aliphatic hydroxyl groups excluding tert-OH is 1. The van der Waals surface area contributed by atoms with Crippen LogP contribution in [0.3, 0.4) is 0 Å². The summed E-state index contributed by atoms with van der Waals surface area (Å²) in [6.45, 7) is 2.33. The lowest BCUT2D eigenvalue weighted by atomic mass is 9.75. The van der Waals surface area contributed by atoms with Crippen LogP contribution in [0.4, 0.5) is 0 Å². The van der Waals surface area contributed by atoms with Crippen LogP contribution in [-0.2, 0) is 4.79 Å². The molecule has 4 fully saturated rings. The fourth-order valence-corrected chi connectivity index (χ4v) is 5.39. The summed E-state index contributed by atoms with van der Waals surface area (Å²) in [7, 11) is 0. The molecule has 0 spiro atoms. The van der Waals surface area contributed by atoms with Crippen molar-refractivity contribution in [3.63, 3.8) is 0 Å². The van der Waals surface area contributed by atoms with Crippen molar-refractivity contribution in [2.75, 3.05) is 0 Å². The number of hydrogen-bond donors (Lipinski definition) is 1. The molecule has 0 aromatic rings. The molecule has 1 N–H and O–H groups in total. The van der Waals surface area contributed by atoms with E-state index >= 15 is 0 Å². The number of aliphatic hydroxyl groups is 1. The van der Waals surface area contributed by atoms with Crippen LogP contribution in [-0.4, -0.2) is 51.2 Å². The van der Waals surface area contributed by atoms with Crippen LogP contribution in [0.5, 0.6) is 0 Å². The highest BCUT2D eigenvalue weighted by Crippen LogP contribution is 2.44. The van der Waals surface area contributed by atoms with Crippen molar-refractivity contribution >= 4 is 5.91 Å². The van der Waals surface area contributed by atoms with E-state index in [1.54, 1.807) is 0 Å². The summed E-state index contributed by atoms with van der Waals surface area (Å²) in [5, 5.41) is 10.4. The summed E-state index contributed by atoms with van der Waals surface area (Å²) in [6, 6.07) is 1.36. The van der Waals surface area contributed by atoms with Gasteiger partial charge in [0, 0.05) is 24.5 Å². The van der Waals surface area contributed by atoms with Gasteiger partial charge < -0.3 is 10.0 Å². The van der Waals surface area contributed by atoms with Crippen LogP contribution < -0.4 is 0 Å². The zero-order chi connectivity index (χ0) is 13.9. The summed E-state index contributed by atoms with van der Waals surface area (Å²) in [5.74, 6) is 1.07. The number of nitrogens with zero attached hydrogens (tertiary/aromatic N) is 2. The monoisotopic (exact) mass is 278 g/mol. The van der Waals surface area contributed by atoms with E-state index in [1.807, 2.05) is 0 Å². The Morgan fingerprint density at radius 1 is 1.10 bits per heavy atom. The fourth-order valence-electron chi connectivity index (χ4n) is 5.39. The Balaban J connectivity index is 1.68. The summed E-state index contributed by atoms with van der Waals surface area (Å²) in [5.41, 5.74) is 0. The molecule has 20 heavy (non-hydrogen) atoms. The van der Waals surface area contributed by atoms with Crippen molar-refractivity contribution in [1.82, 2.24) is 9.80 Å². The predicted molar refractivity (Wildman–Crippen MR) is 75.9 cm³/mol. The summed E-state index contributed by atoms with van der Waals surface area (Å²) < 4.78 is 0. The third-order valence-corrected chi connectivity index (χ3v) is 6.11. The van der Waals surface area contributed by atoms with Crippen LogP contribution in [0.1, 0.15) is 58.3 Å². The Hall–Kier alpha value is -0.610. The molecular formula is C16H26N2O2. The van der Waals surface area contributed by atoms with Gasteiger partial charge in [-0.3, -0.25) is 9.69 Å². The first-order valence-corrected chi connectivity index (χ1v) is 8.42. The molecule has 4 nitrogen and oxygen atoms in total. The lowest BCUT2D eigenvalue weighted by molar-refractivity contribution is -0.185. The second kappa shape index (κ2) is 4.70. The minimum absolute atomic E-state index is 0.187. The summed E-state index contributed by atoms with van der Waals surface area (Å²) >= 11 is 0. The van der Waals surface area contributed by atoms with Crippen molar-refractivity contribution in [1.29, 1.82) is 0 Å². The van der Waals surface area contributed by atoms with Gasteiger partial charge in [0.2, 0.25) is 5.91 Å². The predicted octanol–water partition coefficient (Wildman–Crippen LogP) is 1.72. The molecule has 4 heteroatoms. The van der Waals surface area contributed by atoms with E-state index in [4.69, 9.17) is 0 Å². The van der Waals surface area contributed by atoms with Crippen molar-refractivity contribution in [3.05, 3.63) is 0 Å². The van der Waals surface area contributed by atoms with Gasteiger partial charge in [0.15, 0.2) is 0 Å². The van der Waals surface area contributed by atoms with E-state index in [0.29, 0.717) is 23.9 Å². The number of carbonyl (C=O) groups is 1. The summed E-state index contributed by atoms with van der Waals surface area (Å²) in [6.07, 6.45) is 8.40. The van der Waals surface area contributed by atoms with Crippen LogP contribution in [0.15, 0.2) is 0 Å². The number of rotatable bonds is 0. The topological polar surface area (TPSA) is 43.8 Å². The van der Waals surface area contributed by atoms with Crippen molar-refractivity contribution in [2.24, 2.45) is 5.92 Å². The molecule has 0 aromatic heterocycles. The van der Waals surface area contributed by atoms with Crippen LogP contribution >= 0.6 is 0 Å². The Labute approximate surface area is 121 Å². The Morgan fingerprint density at radius 2 is 1.95 bits per heavy atom. The molecule has 0 aliphatic carbocycles. The van der Waals surface area contributed by atoms with Crippen molar-refractivity contribution in [3.8, 4) is 0 Å². The molecule has 4 heterocycles. The van der Waals surface area contributed by atoms with Gasteiger partial charge in [-0.25, -0.2) is 0 Å². The molecule has 4 saturated heterocycles. The smallest absolute Gasteiger partial charge is 0.224 e. The first-order chi connectivity index (χ1) is 9.65. The molecule has 4 aliphatic rings. The highest BCUT2D eigenvalue weighted by molar-refractivity contribution is 5.77. The molecular weight excluding hydrogens is 252 g/mol. The highest BCUT2D eigenvalue weighted by Gasteiger charge is 2.52. The quantitative estimate of drug-likeness (QED) is 0.734. The van der Waals surface area contributed by atoms with E-state index < -0.39 is 0 Å². The Bertz CT molecular complexity index is 413. The number of piperidine rings is 3. The molecule has 0 saturated carbocycles. The zero-order valence-corrected chi connectivity index (χ0v) is 12.4. The first kappa shape index (κ1) is 13.1. The third-order valence-electron chi connectivity index (χ3n) is 6.11. The van der Waals surface area contributed by atoms with Crippen molar-refractivity contribution < 1.29 is 9.90 Å². The largest absolute Gasteiger partial charge is 0.391 e. The SMILES string of the molecule is C[C@@H]1CC2CC3CCCC(=O)N3[C@H]3CC[C@@H](O)[C@@H](C1)N23. The van der Waals surface area contributed by atoms with Gasteiger partial charge in [-0.15, -0.1) is 0 Å². The lowest BCUT2D eigenvalue weighted by Crippen LogP contribution is -2.72. The zero-order valence-electron chi connectivity index (χ0n) is 12.4. The van der Waals surface area contributed by atoms with Gasteiger partial charge in [-0.05, 0) is 50.9 Å². The van der Waals surface area contributed by atoms with Crippen molar-refractivity contribution in [2.45, 2.75) is 88.7 Å². The number of hydrogen-bond acceptors (Lipinski definition) is 3. The molecule has 4 aliphatic heterocycles. The van der Waals surface area contributed by atoms with E-state index in [1.165, 1.54) is 12.8 Å². The average molecular weight is 278 g/mol. The molecule has 4 rings (SSSR count). The minimum atomic E-state index is -0.187. The molecule has 0 radical (unpaired) electrons. The van der Waals surface area contributed by atoms with Crippen LogP contribution in [0, 0.1) is 5.92 Å². The van der Waals surface area contributed by atoms with Crippen LogP contribution in [0.25, 0.3) is 0 Å². The van der Waals surface area contributed by atoms with Gasteiger partial charge in [-0.1, -0.05) is 6.92 Å². The lowest BCUT2D eigenvalue weighted by Gasteiger charge is -2.61. The van der Waals surface area contributed by atoms with Gasteiger partial charge in [0.1, 0.15) is 0 Å². The highest BCUT2D eigenvalue weighted by atomic mass is 16.3. The molecule has 112 valence electrons. The van der Waals surface area contributed by atoms with Crippen LogP contribution in [0.2, 0.25) is 0 Å². The number of amides is 1. The normalized spacial score (nSPS) is 48.7. The first-order valence-electron chi connectivity index (χ1n) is 8.42. The van der Waals surface area contributed by atoms with Gasteiger partial charge >= 0.3 is 0 Å². The van der Waals surface area contributed by atoms with E-state index in [2.05, 4.69) is 16.7 Å². The third kappa shape index (κ3) is 1.84. The van der Waals surface area contributed by atoms with Gasteiger partial charge in [-0.2, -0.15) is 0 Å². The molecule has 0 aromatic carbocycles. The Kier molecular flexibility index (Phi) is 3.08. The maximum atomic E-state index is 12.4. The van der Waals surface area contributed by atoms with E-state index in [-0.39, 0.29) is 18.3 Å². The van der Waals surface area contributed by atoms with E-state index in [9.17, 15) is 9.90 Å². The molecule has 0 bridgehead atoms. The minimum Gasteiger partial charge on any atom is -0.391 e. The molecule has 6 atom stereocenters. The Morgan fingerprint density at radius 3 is 2.80 bits per heavy atom. The maximum Gasteiger partial charge on any atom is 0.224 e. The summed E-state index contributed by atoms with van der Waals surface area (Å²) in [4.78, 5) is 17.1. The number of fused-ring (bicyclic) bond motifs is 2. The second-order valence-electron chi connectivity index (χ2n) is 7.45. The molecule has 1 amide bonds. The fraction of sp³-hybridized carbons (Fsp3) is 0.938. The number of carbonyl (C=O) groups excluding carboxylic acids is 1. The standard InChI is InChI=1S/C16H26N2O2/c1-10-7-12-9-11-3-2-4-16(20)18(11)15-6-5-14(19)13(8-10)17(12)15/h10-15,19H,2-9H2,1H3/t10-,11?,12?,13-,14-,15+/m1/s1. The molecule has 2 unspecified atom stereocenters. The van der Waals surface area contributed by atoms with E-state index in [0.717, 1.165) is 38.5 Å². The second-order valence-corrected chi connectivity index (χ2v) is 7.45. The van der Waals surface area contributed by atoms with Gasteiger partial charge in [0.05, 0.1) is 12.3 Å². The van der Waals surface area contributed by atoms with Gasteiger partial charge in [0.25, 0.3) is 0 Å².